The van der Waals surface area contributed by atoms with Gasteiger partial charge in [0.05, 0.1) is 0 Å². The summed E-state index contributed by atoms with van der Waals surface area (Å²) >= 11 is 0. The molecule has 0 saturated heterocycles. The summed E-state index contributed by atoms with van der Waals surface area (Å²) < 4.78 is 2.48. The third-order valence-corrected chi connectivity index (χ3v) is 3.67. The molecule has 0 aliphatic rings. The van der Waals surface area contributed by atoms with Crippen LogP contribution in [-0.4, -0.2) is 10.6 Å². The second-order valence-electron chi connectivity index (χ2n) is 7.19. The smallest absolute Gasteiger partial charge is 0.0482 e. The predicted molar refractivity (Wildman–Crippen MR) is 88.0 cm³/mol. The Morgan fingerprint density at radius 3 is 2.50 bits per heavy atom. The molecule has 0 amide bonds. The number of hydrogen-bond acceptors (Lipinski definition) is 1. The topological polar surface area (TPSA) is 17.0 Å². The van der Waals surface area contributed by atoms with Crippen LogP contribution >= 0.6 is 0 Å². The Morgan fingerprint density at radius 2 is 1.85 bits per heavy atom. The van der Waals surface area contributed by atoms with E-state index in [0.717, 1.165) is 13.1 Å². The van der Waals surface area contributed by atoms with Crippen LogP contribution in [0.4, 0.5) is 0 Å². The highest BCUT2D eigenvalue weighted by Crippen LogP contribution is 2.24. The molecule has 1 aromatic carbocycles. The van der Waals surface area contributed by atoms with Crippen molar-refractivity contribution in [2.75, 3.05) is 0 Å². The van der Waals surface area contributed by atoms with Crippen LogP contribution in [0.1, 0.15) is 46.7 Å². The molecule has 0 spiro atoms. The first-order valence-electron chi connectivity index (χ1n) is 7.67. The number of aryl methyl sites for hydroxylation is 1. The maximum absolute atomic E-state index is 3.54. The van der Waals surface area contributed by atoms with Crippen molar-refractivity contribution in [3.63, 3.8) is 0 Å². The highest BCUT2D eigenvalue weighted by molar-refractivity contribution is 5.81. The molecule has 2 aromatic rings. The molecule has 110 valence electrons. The van der Waals surface area contributed by atoms with Gasteiger partial charge in [-0.15, -0.1) is 0 Å². The Morgan fingerprint density at radius 1 is 1.15 bits per heavy atom. The second kappa shape index (κ2) is 6.01. The van der Waals surface area contributed by atoms with E-state index in [4.69, 9.17) is 0 Å². The average molecular weight is 272 g/mol. The number of para-hydroxylation sites is 1. The van der Waals surface area contributed by atoms with Gasteiger partial charge < -0.3 is 9.88 Å². The van der Waals surface area contributed by atoms with Gasteiger partial charge in [-0.25, -0.2) is 0 Å². The maximum Gasteiger partial charge on any atom is 0.0482 e. The van der Waals surface area contributed by atoms with Gasteiger partial charge in [0.25, 0.3) is 0 Å². The SMILES string of the molecule is CC(C)NCc1cc2ccccc2n1CCC(C)(C)C. The zero-order chi connectivity index (χ0) is 14.8. The van der Waals surface area contributed by atoms with Crippen LogP contribution in [-0.2, 0) is 13.1 Å². The number of aromatic nitrogens is 1. The van der Waals surface area contributed by atoms with Crippen molar-refractivity contribution in [2.45, 2.75) is 60.2 Å². The van der Waals surface area contributed by atoms with Crippen molar-refractivity contribution < 1.29 is 0 Å². The molecule has 2 heteroatoms. The van der Waals surface area contributed by atoms with Crippen LogP contribution in [0.15, 0.2) is 30.3 Å². The quantitative estimate of drug-likeness (QED) is 0.843. The molecule has 2 rings (SSSR count). The van der Waals surface area contributed by atoms with E-state index in [0.29, 0.717) is 11.5 Å². The van der Waals surface area contributed by atoms with Gasteiger partial charge in [0.1, 0.15) is 0 Å². The zero-order valence-electron chi connectivity index (χ0n) is 13.5. The number of hydrogen-bond donors (Lipinski definition) is 1. The standard InChI is InChI=1S/C18H28N2/c1-14(2)19-13-16-12-15-8-6-7-9-17(15)20(16)11-10-18(3,4)5/h6-9,12,14,19H,10-11,13H2,1-5H3. The van der Waals surface area contributed by atoms with E-state index in [1.54, 1.807) is 0 Å². The Kier molecular flexibility index (Phi) is 4.54. The minimum atomic E-state index is 0.369. The number of fused-ring (bicyclic) bond motifs is 1. The lowest BCUT2D eigenvalue weighted by molar-refractivity contribution is 0.350. The largest absolute Gasteiger partial charge is 0.343 e. The van der Waals surface area contributed by atoms with Crippen LogP contribution in [0.2, 0.25) is 0 Å². The van der Waals surface area contributed by atoms with E-state index >= 15 is 0 Å². The van der Waals surface area contributed by atoms with Gasteiger partial charge in [-0.05, 0) is 29.4 Å². The third kappa shape index (κ3) is 3.86. The van der Waals surface area contributed by atoms with Crippen LogP contribution in [0.25, 0.3) is 10.9 Å². The zero-order valence-corrected chi connectivity index (χ0v) is 13.5. The molecule has 2 nitrogen and oxygen atoms in total. The lowest BCUT2D eigenvalue weighted by atomic mass is 9.92. The molecular weight excluding hydrogens is 244 g/mol. The summed E-state index contributed by atoms with van der Waals surface area (Å²) in [4.78, 5) is 0. The van der Waals surface area contributed by atoms with Crippen LogP contribution in [0, 0.1) is 5.41 Å². The summed E-state index contributed by atoms with van der Waals surface area (Å²) in [5.74, 6) is 0. The monoisotopic (exact) mass is 272 g/mol. The highest BCUT2D eigenvalue weighted by Gasteiger charge is 2.13. The van der Waals surface area contributed by atoms with Gasteiger partial charge >= 0.3 is 0 Å². The third-order valence-electron chi connectivity index (χ3n) is 3.67. The van der Waals surface area contributed by atoms with Gasteiger partial charge in [0.15, 0.2) is 0 Å². The van der Waals surface area contributed by atoms with Crippen LogP contribution in [0.5, 0.6) is 0 Å². The summed E-state index contributed by atoms with van der Waals surface area (Å²) in [5, 5.41) is 4.89. The summed E-state index contributed by atoms with van der Waals surface area (Å²) in [5.41, 5.74) is 3.12. The molecular formula is C18H28N2. The summed E-state index contributed by atoms with van der Waals surface area (Å²) in [6.45, 7) is 13.4. The Hall–Kier alpha value is -1.28. The van der Waals surface area contributed by atoms with Gasteiger partial charge in [0.2, 0.25) is 0 Å². The number of nitrogens with one attached hydrogen (secondary N) is 1. The minimum Gasteiger partial charge on any atom is -0.343 e. The molecule has 1 aromatic heterocycles. The molecule has 0 saturated carbocycles. The lowest BCUT2D eigenvalue weighted by Crippen LogP contribution is -2.24. The summed E-state index contributed by atoms with van der Waals surface area (Å²) in [7, 11) is 0. The minimum absolute atomic E-state index is 0.369. The average Bonchev–Trinajstić information content (AvgIpc) is 2.70. The van der Waals surface area contributed by atoms with E-state index in [1.165, 1.54) is 23.0 Å². The van der Waals surface area contributed by atoms with Gasteiger partial charge in [-0.3, -0.25) is 0 Å². The van der Waals surface area contributed by atoms with E-state index in [2.05, 4.69) is 74.8 Å². The van der Waals surface area contributed by atoms with Crippen molar-refractivity contribution in [3.05, 3.63) is 36.0 Å². The number of benzene rings is 1. The first kappa shape index (κ1) is 15.1. The van der Waals surface area contributed by atoms with E-state index < -0.39 is 0 Å². The summed E-state index contributed by atoms with van der Waals surface area (Å²) in [6.07, 6.45) is 1.19. The fraction of sp³-hybridized carbons (Fsp3) is 0.556. The normalized spacial score (nSPS) is 12.5. The maximum atomic E-state index is 3.54. The van der Waals surface area contributed by atoms with E-state index in [1.807, 2.05) is 0 Å². The molecule has 0 unspecified atom stereocenters. The molecule has 1 heterocycles. The fourth-order valence-corrected chi connectivity index (χ4v) is 2.43. The Labute approximate surface area is 123 Å². The van der Waals surface area contributed by atoms with E-state index in [-0.39, 0.29) is 0 Å². The first-order chi connectivity index (χ1) is 9.37. The fourth-order valence-electron chi connectivity index (χ4n) is 2.43. The van der Waals surface area contributed by atoms with E-state index in [9.17, 15) is 0 Å². The molecule has 1 N–H and O–H groups in total. The van der Waals surface area contributed by atoms with Crippen molar-refractivity contribution in [1.82, 2.24) is 9.88 Å². The van der Waals surface area contributed by atoms with Crippen LogP contribution < -0.4 is 5.32 Å². The van der Waals surface area contributed by atoms with Crippen molar-refractivity contribution in [1.29, 1.82) is 0 Å². The van der Waals surface area contributed by atoms with Crippen molar-refractivity contribution in [2.24, 2.45) is 5.41 Å². The first-order valence-corrected chi connectivity index (χ1v) is 7.67. The summed E-state index contributed by atoms with van der Waals surface area (Å²) in [6, 6.07) is 11.5. The number of rotatable bonds is 5. The molecule has 0 aliphatic carbocycles. The van der Waals surface area contributed by atoms with Gasteiger partial charge in [-0.1, -0.05) is 52.8 Å². The molecule has 0 aliphatic heterocycles. The number of nitrogens with zero attached hydrogens (tertiary/aromatic N) is 1. The Balaban J connectivity index is 2.29. The lowest BCUT2D eigenvalue weighted by Gasteiger charge is -2.20. The molecule has 20 heavy (non-hydrogen) atoms. The highest BCUT2D eigenvalue weighted by atomic mass is 15.0. The molecule has 0 fully saturated rings. The molecule has 0 radical (unpaired) electrons. The predicted octanol–water partition coefficient (Wildman–Crippen LogP) is 4.58. The molecule has 0 bridgehead atoms. The van der Waals surface area contributed by atoms with Gasteiger partial charge in [-0.2, -0.15) is 0 Å². The molecule has 0 atom stereocenters. The van der Waals surface area contributed by atoms with Crippen LogP contribution in [0.3, 0.4) is 0 Å². The second-order valence-corrected chi connectivity index (χ2v) is 7.19. The van der Waals surface area contributed by atoms with Crippen molar-refractivity contribution in [3.8, 4) is 0 Å². The Bertz CT molecular complexity index is 558. The van der Waals surface area contributed by atoms with Crippen molar-refractivity contribution >= 4 is 10.9 Å². The van der Waals surface area contributed by atoms with Gasteiger partial charge in [0, 0.05) is 30.3 Å².